The zero-order valence-corrected chi connectivity index (χ0v) is 19.8. The second-order valence-corrected chi connectivity index (χ2v) is 7.90. The number of aromatic amines is 1. The van der Waals surface area contributed by atoms with Crippen molar-refractivity contribution >= 4 is 17.7 Å². The molecule has 0 aliphatic heterocycles. The summed E-state index contributed by atoms with van der Waals surface area (Å²) in [5, 5.41) is 3.02. The van der Waals surface area contributed by atoms with E-state index >= 15 is 0 Å². The van der Waals surface area contributed by atoms with Gasteiger partial charge < -0.3 is 24.7 Å². The van der Waals surface area contributed by atoms with Crippen molar-refractivity contribution in [2.75, 3.05) is 19.0 Å². The van der Waals surface area contributed by atoms with Gasteiger partial charge in [-0.05, 0) is 68.1 Å². The molecule has 0 radical (unpaired) electrons. The number of methoxy groups -OCH3 is 1. The highest BCUT2D eigenvalue weighted by Crippen LogP contribution is 2.23. The number of urea groups is 1. The van der Waals surface area contributed by atoms with E-state index in [1.54, 1.807) is 18.9 Å². The third-order valence-electron chi connectivity index (χ3n) is 5.63. The maximum Gasteiger partial charge on any atom is 0.355 e. The fourth-order valence-electron chi connectivity index (χ4n) is 3.68. The predicted octanol–water partition coefficient (Wildman–Crippen LogP) is 5.36. The Bertz CT molecular complexity index is 1120. The monoisotopic (exact) mass is 449 g/mol. The minimum absolute atomic E-state index is 0.224. The predicted molar refractivity (Wildman–Crippen MR) is 129 cm³/mol. The molecule has 1 aromatic heterocycles. The highest BCUT2D eigenvalue weighted by atomic mass is 16.5. The van der Waals surface area contributed by atoms with E-state index in [1.165, 1.54) is 0 Å². The molecule has 0 fully saturated rings. The number of ether oxygens (including phenoxy) is 2. The summed E-state index contributed by atoms with van der Waals surface area (Å²) in [4.78, 5) is 30.5. The summed E-state index contributed by atoms with van der Waals surface area (Å²) in [7, 11) is 1.62. The van der Waals surface area contributed by atoms with Crippen LogP contribution in [0.1, 0.15) is 45.4 Å². The molecule has 2 aromatic carbocycles. The van der Waals surface area contributed by atoms with E-state index in [2.05, 4.69) is 10.3 Å². The van der Waals surface area contributed by atoms with Crippen molar-refractivity contribution < 1.29 is 19.1 Å². The van der Waals surface area contributed by atoms with Gasteiger partial charge in [-0.2, -0.15) is 0 Å². The van der Waals surface area contributed by atoms with Crippen molar-refractivity contribution in [2.24, 2.45) is 0 Å². The van der Waals surface area contributed by atoms with Crippen LogP contribution in [0.25, 0.3) is 0 Å². The van der Waals surface area contributed by atoms with Crippen molar-refractivity contribution in [3.05, 3.63) is 82.2 Å². The number of nitrogens with zero attached hydrogens (tertiary/aromatic N) is 1. The molecule has 1 heterocycles. The lowest BCUT2D eigenvalue weighted by Gasteiger charge is -2.24. The van der Waals surface area contributed by atoms with E-state index < -0.39 is 5.97 Å². The summed E-state index contributed by atoms with van der Waals surface area (Å²) in [6, 6.07) is 15.1. The van der Waals surface area contributed by atoms with E-state index in [4.69, 9.17) is 9.47 Å². The zero-order chi connectivity index (χ0) is 24.0. The molecule has 0 spiro atoms. The maximum absolute atomic E-state index is 13.4. The Labute approximate surface area is 194 Å². The van der Waals surface area contributed by atoms with Gasteiger partial charge in [0.2, 0.25) is 0 Å². The van der Waals surface area contributed by atoms with Crippen LogP contribution in [0.15, 0.2) is 48.5 Å². The second-order valence-electron chi connectivity index (χ2n) is 7.90. The van der Waals surface area contributed by atoms with Gasteiger partial charge >= 0.3 is 12.0 Å². The average molecular weight is 450 g/mol. The molecule has 0 saturated heterocycles. The molecule has 0 atom stereocenters. The third kappa shape index (κ3) is 5.74. The third-order valence-corrected chi connectivity index (χ3v) is 5.63. The van der Waals surface area contributed by atoms with Gasteiger partial charge in [0.1, 0.15) is 11.4 Å². The first kappa shape index (κ1) is 23.9. The molecular weight excluding hydrogens is 418 g/mol. The molecule has 0 unspecified atom stereocenters. The largest absolute Gasteiger partial charge is 0.497 e. The van der Waals surface area contributed by atoms with Crippen molar-refractivity contribution in [3.8, 4) is 5.75 Å². The number of amides is 2. The number of aromatic nitrogens is 1. The Morgan fingerprint density at radius 2 is 1.70 bits per heavy atom. The molecule has 7 heteroatoms. The normalized spacial score (nSPS) is 10.6. The van der Waals surface area contributed by atoms with E-state index in [9.17, 15) is 9.59 Å². The van der Waals surface area contributed by atoms with Gasteiger partial charge in [-0.25, -0.2) is 9.59 Å². The van der Waals surface area contributed by atoms with E-state index in [0.717, 1.165) is 39.4 Å². The lowest BCUT2D eigenvalue weighted by Crippen LogP contribution is -2.34. The van der Waals surface area contributed by atoms with Crippen LogP contribution in [0.2, 0.25) is 0 Å². The van der Waals surface area contributed by atoms with Crippen molar-refractivity contribution in [2.45, 2.75) is 40.8 Å². The fraction of sp³-hybridized carbons (Fsp3) is 0.308. The summed E-state index contributed by atoms with van der Waals surface area (Å²) in [6.07, 6.45) is 0. The molecule has 0 aliphatic carbocycles. The number of hydrogen-bond acceptors (Lipinski definition) is 4. The highest BCUT2D eigenvalue weighted by Gasteiger charge is 2.23. The number of rotatable bonds is 8. The molecule has 3 aromatic rings. The number of carbonyl (C=O) groups excluding carboxylic acids is 2. The Hall–Kier alpha value is -3.74. The van der Waals surface area contributed by atoms with Crippen LogP contribution >= 0.6 is 0 Å². The number of esters is 1. The molecular formula is C26H31N3O4. The molecule has 33 heavy (non-hydrogen) atoms. The van der Waals surface area contributed by atoms with Gasteiger partial charge in [0.05, 0.1) is 13.7 Å². The summed E-state index contributed by atoms with van der Waals surface area (Å²) in [5.41, 5.74) is 5.64. The van der Waals surface area contributed by atoms with Crippen LogP contribution in [0.3, 0.4) is 0 Å². The molecule has 2 amide bonds. The van der Waals surface area contributed by atoms with Gasteiger partial charge in [0, 0.05) is 24.5 Å². The topological polar surface area (TPSA) is 83.7 Å². The minimum atomic E-state index is -0.393. The van der Waals surface area contributed by atoms with Crippen molar-refractivity contribution in [3.63, 3.8) is 0 Å². The lowest BCUT2D eigenvalue weighted by atomic mass is 10.1. The molecule has 7 nitrogen and oxygen atoms in total. The van der Waals surface area contributed by atoms with E-state index in [-0.39, 0.29) is 6.03 Å². The number of hydrogen-bond donors (Lipinski definition) is 2. The highest BCUT2D eigenvalue weighted by molar-refractivity contribution is 5.91. The maximum atomic E-state index is 13.4. The molecule has 174 valence electrons. The van der Waals surface area contributed by atoms with Gasteiger partial charge in [-0.15, -0.1) is 0 Å². The first-order chi connectivity index (χ1) is 15.8. The summed E-state index contributed by atoms with van der Waals surface area (Å²) >= 11 is 0. The Kier molecular flexibility index (Phi) is 7.77. The zero-order valence-electron chi connectivity index (χ0n) is 19.8. The molecule has 0 saturated carbocycles. The number of nitrogens with one attached hydrogen (secondary N) is 2. The van der Waals surface area contributed by atoms with Crippen LogP contribution < -0.4 is 10.1 Å². The molecule has 0 bridgehead atoms. The van der Waals surface area contributed by atoms with Crippen LogP contribution in [-0.4, -0.2) is 35.6 Å². The Morgan fingerprint density at radius 1 is 1.00 bits per heavy atom. The van der Waals surface area contributed by atoms with Gasteiger partial charge in [0.25, 0.3) is 0 Å². The molecule has 2 N–H and O–H groups in total. The van der Waals surface area contributed by atoms with Crippen molar-refractivity contribution in [1.82, 2.24) is 9.88 Å². The van der Waals surface area contributed by atoms with Gasteiger partial charge in [0.15, 0.2) is 0 Å². The number of carbonyl (C=O) groups is 2. The summed E-state index contributed by atoms with van der Waals surface area (Å²) in [5.74, 6) is 0.362. The van der Waals surface area contributed by atoms with Crippen LogP contribution in [0, 0.1) is 20.8 Å². The SMILES string of the molecule is CCOC(=O)c1[nH]c(C)c(CN(Cc2ccc(OC)cc2)C(=O)Nc2ccccc2C)c1C. The number of H-pyrrole nitrogens is 1. The smallest absolute Gasteiger partial charge is 0.355 e. The average Bonchev–Trinajstić information content (AvgIpc) is 3.09. The van der Waals surface area contributed by atoms with Crippen LogP contribution in [0.5, 0.6) is 5.75 Å². The number of para-hydroxylation sites is 1. The standard InChI is InChI=1S/C26H31N3O4/c1-6-33-25(30)24-18(3)22(19(4)27-24)16-29(15-20-11-13-21(32-5)14-12-20)26(31)28-23-10-8-7-9-17(23)2/h7-14,27H,6,15-16H2,1-5H3,(H,28,31). The first-order valence-corrected chi connectivity index (χ1v) is 10.9. The van der Waals surface area contributed by atoms with E-state index in [1.807, 2.05) is 69.3 Å². The molecule has 3 rings (SSSR count). The Balaban J connectivity index is 1.90. The summed E-state index contributed by atoms with van der Waals surface area (Å²) < 4.78 is 10.4. The first-order valence-electron chi connectivity index (χ1n) is 10.9. The number of benzene rings is 2. The minimum Gasteiger partial charge on any atom is -0.497 e. The van der Waals surface area contributed by atoms with Gasteiger partial charge in [-0.1, -0.05) is 30.3 Å². The molecule has 0 aliphatic rings. The van der Waals surface area contributed by atoms with Crippen LogP contribution in [-0.2, 0) is 17.8 Å². The number of anilines is 1. The van der Waals surface area contributed by atoms with Crippen LogP contribution in [0.4, 0.5) is 10.5 Å². The van der Waals surface area contributed by atoms with E-state index in [0.29, 0.717) is 25.4 Å². The lowest BCUT2D eigenvalue weighted by molar-refractivity contribution is 0.0519. The summed E-state index contributed by atoms with van der Waals surface area (Å²) in [6.45, 7) is 8.52. The fourth-order valence-corrected chi connectivity index (χ4v) is 3.68. The second kappa shape index (κ2) is 10.7. The number of aryl methyl sites for hydroxylation is 2. The quantitative estimate of drug-likeness (QED) is 0.454. The van der Waals surface area contributed by atoms with Crippen molar-refractivity contribution in [1.29, 1.82) is 0 Å². The van der Waals surface area contributed by atoms with Gasteiger partial charge in [-0.3, -0.25) is 0 Å². The Morgan fingerprint density at radius 3 is 2.33 bits per heavy atom.